The number of pyridine rings is 1. The highest BCUT2D eigenvalue weighted by Crippen LogP contribution is 2.30. The number of hydrogen-bond donors (Lipinski definition) is 1. The lowest BCUT2D eigenvalue weighted by atomic mass is 10.1. The zero-order valence-corrected chi connectivity index (χ0v) is 22.4. The summed E-state index contributed by atoms with van der Waals surface area (Å²) < 4.78 is 5.94. The number of rotatable bonds is 9. The van der Waals surface area contributed by atoms with Gasteiger partial charge in [0.15, 0.2) is 11.6 Å². The second kappa shape index (κ2) is 10.8. The molecule has 0 unspecified atom stereocenters. The molecule has 1 N–H and O–H groups in total. The first-order valence-corrected chi connectivity index (χ1v) is 13.0. The maximum atomic E-state index is 13.5. The number of imide groups is 2. The van der Waals surface area contributed by atoms with Gasteiger partial charge in [0.25, 0.3) is 23.6 Å². The van der Waals surface area contributed by atoms with E-state index in [2.05, 4.69) is 26.2 Å². The third-order valence-electron chi connectivity index (χ3n) is 6.71. The Balaban J connectivity index is 1.33. The topological polar surface area (TPSA) is 126 Å². The van der Waals surface area contributed by atoms with Crippen LogP contribution in [0.25, 0.3) is 0 Å². The number of benzene rings is 2. The molecule has 3 heterocycles. The van der Waals surface area contributed by atoms with E-state index in [1.54, 1.807) is 54.6 Å². The fourth-order valence-corrected chi connectivity index (χ4v) is 5.10. The number of methoxy groups -OCH3 is 1. The molecule has 1 atom stereocenters. The minimum Gasteiger partial charge on any atom is -0.493 e. The van der Waals surface area contributed by atoms with Crippen LogP contribution < -0.4 is 10.1 Å². The summed E-state index contributed by atoms with van der Waals surface area (Å²) in [6.45, 7) is 0.144. The lowest BCUT2D eigenvalue weighted by Gasteiger charge is -2.26. The van der Waals surface area contributed by atoms with Crippen molar-refractivity contribution in [1.29, 1.82) is 0 Å². The van der Waals surface area contributed by atoms with Gasteiger partial charge in [0, 0.05) is 17.2 Å². The summed E-state index contributed by atoms with van der Waals surface area (Å²) in [6, 6.07) is 13.5. The van der Waals surface area contributed by atoms with Crippen molar-refractivity contribution in [2.75, 3.05) is 19.0 Å². The van der Waals surface area contributed by atoms with E-state index >= 15 is 0 Å². The maximum absolute atomic E-state index is 13.5. The second-order valence-electron chi connectivity index (χ2n) is 9.04. The van der Waals surface area contributed by atoms with Gasteiger partial charge < -0.3 is 10.1 Å². The number of ether oxygens (including phenoxy) is 1. The molecule has 3 aromatic rings. The van der Waals surface area contributed by atoms with E-state index < -0.39 is 23.8 Å². The summed E-state index contributed by atoms with van der Waals surface area (Å²) in [7, 11) is 1.43. The molecule has 0 fully saturated rings. The molecular formula is C28H23BrN4O6. The molecule has 1 aromatic heterocycles. The van der Waals surface area contributed by atoms with E-state index in [-0.39, 0.29) is 41.7 Å². The van der Waals surface area contributed by atoms with Gasteiger partial charge in [-0.1, -0.05) is 24.3 Å². The minimum absolute atomic E-state index is 0.110. The molecule has 10 nitrogen and oxygen atoms in total. The molecular weight excluding hydrogens is 568 g/mol. The molecule has 11 heteroatoms. The number of fused-ring (bicyclic) bond motifs is 2. The van der Waals surface area contributed by atoms with Crippen molar-refractivity contribution < 1.29 is 28.7 Å². The van der Waals surface area contributed by atoms with Crippen molar-refractivity contribution in [3.8, 4) is 5.75 Å². The summed E-state index contributed by atoms with van der Waals surface area (Å²) in [6.07, 6.45) is 2.32. The van der Waals surface area contributed by atoms with Gasteiger partial charge in [0.2, 0.25) is 5.91 Å². The van der Waals surface area contributed by atoms with Crippen LogP contribution in [0.2, 0.25) is 0 Å². The average molecular weight is 591 g/mol. The number of halogens is 1. The van der Waals surface area contributed by atoms with E-state index in [4.69, 9.17) is 4.74 Å². The van der Waals surface area contributed by atoms with E-state index in [1.807, 2.05) is 0 Å². The van der Waals surface area contributed by atoms with Crippen LogP contribution in [0.4, 0.5) is 5.82 Å². The van der Waals surface area contributed by atoms with Crippen LogP contribution in [0.5, 0.6) is 5.75 Å². The molecule has 2 aliphatic heterocycles. The number of amides is 5. The van der Waals surface area contributed by atoms with Gasteiger partial charge in [-0.25, -0.2) is 4.98 Å². The standard InChI is InChI=1S/C28H23BrN4O6/c1-39-22-14-16(29)15-30-23(22)31-24(34)21(33-27(37)19-10-4-5-11-20(19)28(33)38)12-6-7-13-32-25(35)17-8-2-3-9-18(17)26(32)36/h2-5,8-11,14-15,21H,6-7,12-13H2,1H3,(H,30,31,34)/t21-/m0/s1. The van der Waals surface area contributed by atoms with Crippen molar-refractivity contribution in [2.45, 2.75) is 25.3 Å². The number of anilines is 1. The first-order valence-electron chi connectivity index (χ1n) is 12.2. The summed E-state index contributed by atoms with van der Waals surface area (Å²) >= 11 is 3.30. The summed E-state index contributed by atoms with van der Waals surface area (Å²) in [5.74, 6) is -2.03. The van der Waals surface area contributed by atoms with E-state index in [9.17, 15) is 24.0 Å². The second-order valence-corrected chi connectivity index (χ2v) is 9.95. The van der Waals surface area contributed by atoms with Crippen molar-refractivity contribution in [1.82, 2.24) is 14.8 Å². The Labute approximate surface area is 232 Å². The number of aromatic nitrogens is 1. The minimum atomic E-state index is -1.16. The third kappa shape index (κ3) is 4.81. The van der Waals surface area contributed by atoms with Crippen molar-refractivity contribution in [3.05, 3.63) is 87.5 Å². The Bertz CT molecular complexity index is 1450. The van der Waals surface area contributed by atoms with Crippen molar-refractivity contribution >= 4 is 51.3 Å². The van der Waals surface area contributed by atoms with Gasteiger partial charge in [-0.2, -0.15) is 0 Å². The molecule has 0 saturated carbocycles. The maximum Gasteiger partial charge on any atom is 0.262 e. The van der Waals surface area contributed by atoms with Crippen LogP contribution in [0.15, 0.2) is 65.3 Å². The Morgan fingerprint density at radius 3 is 1.97 bits per heavy atom. The van der Waals surface area contributed by atoms with E-state index in [0.29, 0.717) is 34.2 Å². The third-order valence-corrected chi connectivity index (χ3v) is 7.14. The molecule has 0 saturated heterocycles. The molecule has 0 aliphatic carbocycles. The largest absolute Gasteiger partial charge is 0.493 e. The fourth-order valence-electron chi connectivity index (χ4n) is 4.79. The summed E-state index contributed by atoms with van der Waals surface area (Å²) in [4.78, 5) is 71.6. The van der Waals surface area contributed by atoms with Crippen LogP contribution in [0.3, 0.4) is 0 Å². The summed E-state index contributed by atoms with van der Waals surface area (Å²) in [5, 5.41) is 2.68. The molecule has 2 aliphatic rings. The first kappa shape index (κ1) is 26.2. The van der Waals surface area contributed by atoms with Crippen molar-refractivity contribution in [2.24, 2.45) is 0 Å². The normalized spacial score (nSPS) is 14.9. The smallest absolute Gasteiger partial charge is 0.262 e. The number of nitrogens with one attached hydrogen (secondary N) is 1. The number of hydrogen-bond acceptors (Lipinski definition) is 7. The lowest BCUT2D eigenvalue weighted by molar-refractivity contribution is -0.120. The number of carbonyl (C=O) groups is 5. The van der Waals surface area contributed by atoms with Crippen LogP contribution in [-0.4, -0.2) is 64.0 Å². The zero-order valence-electron chi connectivity index (χ0n) is 20.8. The van der Waals surface area contributed by atoms with Crippen LogP contribution in [0.1, 0.15) is 60.7 Å². The highest BCUT2D eigenvalue weighted by molar-refractivity contribution is 9.10. The van der Waals surface area contributed by atoms with E-state index in [1.165, 1.54) is 18.2 Å². The van der Waals surface area contributed by atoms with E-state index in [0.717, 1.165) is 4.90 Å². The van der Waals surface area contributed by atoms with Gasteiger partial charge in [0.05, 0.1) is 29.4 Å². The molecule has 39 heavy (non-hydrogen) atoms. The average Bonchev–Trinajstić information content (AvgIpc) is 3.34. The highest BCUT2D eigenvalue weighted by atomic mass is 79.9. The molecule has 0 spiro atoms. The van der Waals surface area contributed by atoms with Crippen LogP contribution >= 0.6 is 15.9 Å². The predicted octanol–water partition coefficient (Wildman–Crippen LogP) is 3.92. The first-order chi connectivity index (χ1) is 18.8. The molecule has 5 rings (SSSR count). The monoisotopic (exact) mass is 590 g/mol. The Kier molecular flexibility index (Phi) is 7.25. The Hall–Kier alpha value is -4.38. The van der Waals surface area contributed by atoms with Gasteiger partial charge in [-0.15, -0.1) is 0 Å². The quantitative estimate of drug-likeness (QED) is 0.295. The molecule has 0 radical (unpaired) electrons. The summed E-state index contributed by atoms with van der Waals surface area (Å²) in [5.41, 5.74) is 1.18. The van der Waals surface area contributed by atoms with Gasteiger partial charge in [0.1, 0.15) is 6.04 Å². The van der Waals surface area contributed by atoms with Crippen LogP contribution in [0, 0.1) is 0 Å². The number of unbranched alkanes of at least 4 members (excludes halogenated alkanes) is 1. The lowest BCUT2D eigenvalue weighted by Crippen LogP contribution is -2.47. The van der Waals surface area contributed by atoms with Crippen LogP contribution in [-0.2, 0) is 4.79 Å². The Morgan fingerprint density at radius 1 is 0.897 bits per heavy atom. The molecule has 2 aromatic carbocycles. The molecule has 198 valence electrons. The molecule has 5 amide bonds. The molecule has 0 bridgehead atoms. The number of carbonyl (C=O) groups excluding carboxylic acids is 5. The SMILES string of the molecule is COc1cc(Br)cnc1NC(=O)[C@H](CCCCN1C(=O)c2ccccc2C1=O)N1C(=O)c2ccccc2C1=O. The zero-order chi connectivity index (χ0) is 27.7. The van der Waals surface area contributed by atoms with Gasteiger partial charge in [-0.3, -0.25) is 33.8 Å². The van der Waals surface area contributed by atoms with Crippen molar-refractivity contribution in [3.63, 3.8) is 0 Å². The number of nitrogens with zero attached hydrogens (tertiary/aromatic N) is 3. The van der Waals surface area contributed by atoms with Gasteiger partial charge >= 0.3 is 0 Å². The predicted molar refractivity (Wildman–Crippen MR) is 144 cm³/mol. The highest BCUT2D eigenvalue weighted by Gasteiger charge is 2.43. The fraction of sp³-hybridized carbons (Fsp3) is 0.214. The Morgan fingerprint density at radius 2 is 1.44 bits per heavy atom. The van der Waals surface area contributed by atoms with Gasteiger partial charge in [-0.05, 0) is 65.5 Å².